The number of hydrogen-bond donors (Lipinski definition) is 0. The maximum absolute atomic E-state index is 6.38. The van der Waals surface area contributed by atoms with Gasteiger partial charge in [0.25, 0.3) is 0 Å². The highest BCUT2D eigenvalue weighted by Gasteiger charge is 2.48. The highest BCUT2D eigenvalue weighted by molar-refractivity contribution is 6.29. The predicted molar refractivity (Wildman–Crippen MR) is 98.4 cm³/mol. The largest absolute Gasteiger partial charge is 0.372 e. The van der Waals surface area contributed by atoms with Crippen LogP contribution in [0, 0.1) is 0 Å². The van der Waals surface area contributed by atoms with Crippen molar-refractivity contribution in [1.29, 1.82) is 0 Å². The van der Waals surface area contributed by atoms with E-state index in [0.717, 1.165) is 35.6 Å². The molecule has 1 unspecified atom stereocenters. The lowest BCUT2D eigenvalue weighted by molar-refractivity contribution is 0.0751. The first-order chi connectivity index (χ1) is 13.2. The Bertz CT molecular complexity index is 1080. The molecule has 1 atom stereocenters. The summed E-state index contributed by atoms with van der Waals surface area (Å²) in [5.41, 5.74) is 2.55. The average molecular weight is 383 g/mol. The molecule has 1 aromatic carbocycles. The lowest BCUT2D eigenvalue weighted by Crippen LogP contribution is -2.49. The van der Waals surface area contributed by atoms with Crippen molar-refractivity contribution in [3.63, 3.8) is 0 Å². The van der Waals surface area contributed by atoms with Gasteiger partial charge in [0.15, 0.2) is 12.0 Å². The number of para-hydroxylation sites is 1. The maximum atomic E-state index is 6.38. The molecule has 136 valence electrons. The van der Waals surface area contributed by atoms with E-state index < -0.39 is 0 Å². The molecule has 0 radical (unpaired) electrons. The molecule has 0 spiro atoms. The van der Waals surface area contributed by atoms with E-state index in [0.29, 0.717) is 5.28 Å². The fourth-order valence-corrected chi connectivity index (χ4v) is 4.03. The van der Waals surface area contributed by atoms with Crippen molar-refractivity contribution >= 4 is 23.8 Å². The molecular weight excluding hydrogens is 368 g/mol. The van der Waals surface area contributed by atoms with Crippen molar-refractivity contribution in [3.05, 3.63) is 53.2 Å². The van der Waals surface area contributed by atoms with Crippen molar-refractivity contribution in [2.45, 2.75) is 24.6 Å². The summed E-state index contributed by atoms with van der Waals surface area (Å²) in [5, 5.41) is 12.8. The average Bonchev–Trinajstić information content (AvgIpc) is 3.03. The number of benzene rings is 1. The van der Waals surface area contributed by atoms with Crippen LogP contribution < -0.4 is 10.1 Å². The van der Waals surface area contributed by atoms with E-state index in [4.69, 9.17) is 21.3 Å². The van der Waals surface area contributed by atoms with Crippen LogP contribution in [0.15, 0.2) is 41.7 Å². The van der Waals surface area contributed by atoms with Gasteiger partial charge in [0.05, 0.1) is 18.1 Å². The summed E-state index contributed by atoms with van der Waals surface area (Å²) >= 11 is 6.38. The molecule has 1 saturated carbocycles. The highest BCUT2D eigenvalue weighted by Crippen LogP contribution is 2.48. The highest BCUT2D eigenvalue weighted by atomic mass is 35.5. The fraction of sp³-hybridized carbons (Fsp3) is 0.294. The van der Waals surface area contributed by atoms with Crippen LogP contribution in [0.5, 0.6) is 0 Å². The minimum atomic E-state index is -0.298. The van der Waals surface area contributed by atoms with E-state index in [1.165, 1.54) is 0 Å². The summed E-state index contributed by atoms with van der Waals surface area (Å²) in [4.78, 5) is 10.7. The Morgan fingerprint density at radius 1 is 1.26 bits per heavy atom. The number of aromatic nitrogens is 5. The van der Waals surface area contributed by atoms with Crippen molar-refractivity contribution in [2.75, 3.05) is 17.2 Å². The Morgan fingerprint density at radius 3 is 2.93 bits per heavy atom. The Balaban J connectivity index is 1.46. The van der Waals surface area contributed by atoms with Crippen LogP contribution in [0.3, 0.4) is 0 Å². The van der Waals surface area contributed by atoms with Crippen LogP contribution in [0.4, 0.5) is 5.82 Å². The smallest absolute Gasteiger partial charge is 0.209 e. The van der Waals surface area contributed by atoms with Crippen LogP contribution in [-0.4, -0.2) is 38.1 Å². The van der Waals surface area contributed by atoms with Gasteiger partial charge in [0.1, 0.15) is 17.6 Å². The summed E-state index contributed by atoms with van der Waals surface area (Å²) in [5.74, 6) is 0.811. The number of rotatable bonds is 3. The maximum Gasteiger partial charge on any atom is 0.209 e. The molecule has 0 amide bonds. The van der Waals surface area contributed by atoms with Crippen LogP contribution in [0.25, 0.3) is 5.69 Å². The van der Waals surface area contributed by atoms with Gasteiger partial charge in [-0.05, 0) is 35.7 Å². The van der Waals surface area contributed by atoms with Crippen molar-refractivity contribution < 1.29 is 4.74 Å². The molecule has 9 nitrogen and oxygen atoms in total. The third-order valence-corrected chi connectivity index (χ3v) is 5.67. The van der Waals surface area contributed by atoms with E-state index in [-0.39, 0.29) is 11.8 Å². The normalized spacial score (nSPS) is 21.2. The van der Waals surface area contributed by atoms with Gasteiger partial charge in [-0.15, -0.1) is 9.89 Å². The van der Waals surface area contributed by atoms with E-state index in [2.05, 4.69) is 15.3 Å². The Kier molecular flexibility index (Phi) is 2.86. The molecule has 3 aromatic rings. The summed E-state index contributed by atoms with van der Waals surface area (Å²) in [6, 6.07) is 8.04. The van der Waals surface area contributed by atoms with Gasteiger partial charge in [-0.3, -0.25) is 4.57 Å². The van der Waals surface area contributed by atoms with Crippen LogP contribution in [-0.2, 0) is 10.3 Å². The SMILES string of the molecule is COC1(c2cn(N3C=NC4c5ccccc5-n5c(cnc5Cl)N43)nn2)CC1. The van der Waals surface area contributed by atoms with Crippen LogP contribution in [0.1, 0.15) is 30.3 Å². The van der Waals surface area contributed by atoms with Gasteiger partial charge in [-0.25, -0.2) is 15.0 Å². The fourth-order valence-electron chi connectivity index (χ4n) is 3.80. The van der Waals surface area contributed by atoms with Gasteiger partial charge in [-0.2, -0.15) is 5.12 Å². The summed E-state index contributed by atoms with van der Waals surface area (Å²) in [7, 11) is 1.71. The van der Waals surface area contributed by atoms with Crippen LogP contribution in [0.2, 0.25) is 5.28 Å². The molecule has 2 aliphatic heterocycles. The lowest BCUT2D eigenvalue weighted by Gasteiger charge is -2.36. The minimum Gasteiger partial charge on any atom is -0.372 e. The molecule has 2 aromatic heterocycles. The number of methoxy groups -OCH3 is 1. The third-order valence-electron chi connectivity index (χ3n) is 5.41. The van der Waals surface area contributed by atoms with Crippen molar-refractivity contribution in [3.8, 4) is 5.69 Å². The van der Waals surface area contributed by atoms with Gasteiger partial charge in [-0.1, -0.05) is 18.2 Å². The first-order valence-corrected chi connectivity index (χ1v) is 9.02. The van der Waals surface area contributed by atoms with Gasteiger partial charge in [0, 0.05) is 12.7 Å². The number of aliphatic imine (C=N–C) groups is 1. The first kappa shape index (κ1) is 15.2. The molecular formula is C17H15ClN8O. The molecule has 0 N–H and O–H groups in total. The molecule has 1 fully saturated rings. The lowest BCUT2D eigenvalue weighted by atomic mass is 10.1. The number of imidazole rings is 1. The molecule has 6 rings (SSSR count). The first-order valence-electron chi connectivity index (χ1n) is 8.64. The van der Waals surface area contributed by atoms with Gasteiger partial charge < -0.3 is 4.74 Å². The quantitative estimate of drug-likeness (QED) is 0.691. The van der Waals surface area contributed by atoms with E-state index in [1.54, 1.807) is 24.4 Å². The number of hydrogen-bond acceptors (Lipinski definition) is 7. The van der Waals surface area contributed by atoms with E-state index in [1.807, 2.05) is 45.2 Å². The zero-order valence-electron chi connectivity index (χ0n) is 14.4. The van der Waals surface area contributed by atoms with Crippen LogP contribution >= 0.6 is 11.6 Å². The molecule has 0 saturated heterocycles. The monoisotopic (exact) mass is 382 g/mol. The second kappa shape index (κ2) is 5.08. The number of anilines is 1. The van der Waals surface area contributed by atoms with E-state index in [9.17, 15) is 0 Å². The number of hydrazine groups is 1. The minimum absolute atomic E-state index is 0.216. The molecule has 4 heterocycles. The van der Waals surface area contributed by atoms with Crippen molar-refractivity contribution in [2.24, 2.45) is 4.99 Å². The Hall–Kier alpha value is -2.91. The number of fused-ring (bicyclic) bond motifs is 6. The topological polar surface area (TPSA) is 76.6 Å². The molecule has 10 heteroatoms. The zero-order valence-corrected chi connectivity index (χ0v) is 15.2. The van der Waals surface area contributed by atoms with Gasteiger partial charge >= 0.3 is 0 Å². The number of ether oxygens (including phenoxy) is 1. The number of nitrogens with zero attached hydrogens (tertiary/aromatic N) is 8. The Labute approximate surface area is 159 Å². The number of halogens is 1. The Morgan fingerprint density at radius 2 is 2.11 bits per heavy atom. The standard InChI is InChI=1S/C17H15ClN8O/c1-27-17(6-7-17)13-9-23(22-21-13)24-10-20-15-11-4-2-3-5-12(11)25-14(26(15)24)8-19-16(25)18/h2-5,8-10,15H,6-7H2,1H3. The predicted octanol–water partition coefficient (Wildman–Crippen LogP) is 2.17. The van der Waals surface area contributed by atoms with Crippen molar-refractivity contribution in [1.82, 2.24) is 24.7 Å². The third kappa shape index (κ3) is 1.92. The second-order valence-electron chi connectivity index (χ2n) is 6.81. The molecule has 0 bridgehead atoms. The molecule has 1 aliphatic carbocycles. The molecule has 27 heavy (non-hydrogen) atoms. The molecule has 3 aliphatic rings. The van der Waals surface area contributed by atoms with E-state index >= 15 is 0 Å². The summed E-state index contributed by atoms with van der Waals surface area (Å²) < 4.78 is 7.52. The summed E-state index contributed by atoms with van der Waals surface area (Å²) in [6.07, 6.45) is 7.06. The summed E-state index contributed by atoms with van der Waals surface area (Å²) in [6.45, 7) is 0. The van der Waals surface area contributed by atoms with Gasteiger partial charge in [0.2, 0.25) is 5.28 Å². The second-order valence-corrected chi connectivity index (χ2v) is 7.14. The zero-order chi connectivity index (χ0) is 18.2.